The van der Waals surface area contributed by atoms with Crippen molar-refractivity contribution in [1.29, 1.82) is 0 Å². The van der Waals surface area contributed by atoms with Crippen LogP contribution in [0.5, 0.6) is 5.75 Å². The lowest BCUT2D eigenvalue weighted by atomic mass is 10.1. The molecule has 0 spiro atoms. The normalized spacial score (nSPS) is 12.7. The minimum absolute atomic E-state index is 0.109. The van der Waals surface area contributed by atoms with E-state index in [1.165, 1.54) is 18.2 Å². The standard InChI is InChI=1S/C15H21NO4/c1-2-3-9-20-15(19)6-4-5-13(17)11-7-8-12(16)14(18)10-11/h4,6-8,10,15,18-19H,2-3,5,9,16H2,1H3. The van der Waals surface area contributed by atoms with Crippen molar-refractivity contribution in [2.45, 2.75) is 32.5 Å². The lowest BCUT2D eigenvalue weighted by molar-refractivity contribution is -0.0648. The van der Waals surface area contributed by atoms with Crippen LogP contribution in [0, 0.1) is 0 Å². The number of phenols is 1. The number of phenolic OH excluding ortho intramolecular Hbond substituents is 1. The number of benzene rings is 1. The summed E-state index contributed by atoms with van der Waals surface area (Å²) in [5.74, 6) is -0.278. The fourth-order valence-corrected chi connectivity index (χ4v) is 1.53. The summed E-state index contributed by atoms with van der Waals surface area (Å²) < 4.78 is 5.11. The Labute approximate surface area is 118 Å². The molecule has 0 saturated carbocycles. The molecule has 5 nitrogen and oxygen atoms in total. The third-order valence-corrected chi connectivity index (χ3v) is 2.74. The molecule has 1 aromatic rings. The number of rotatable bonds is 8. The van der Waals surface area contributed by atoms with E-state index in [2.05, 4.69) is 0 Å². The maximum Gasteiger partial charge on any atom is 0.174 e. The molecule has 1 atom stereocenters. The van der Waals surface area contributed by atoms with Gasteiger partial charge in [-0.3, -0.25) is 4.79 Å². The number of carbonyl (C=O) groups excluding carboxylic acids is 1. The Morgan fingerprint density at radius 3 is 2.90 bits per heavy atom. The van der Waals surface area contributed by atoms with E-state index in [4.69, 9.17) is 10.5 Å². The molecule has 5 heteroatoms. The first-order chi connectivity index (χ1) is 9.54. The number of aliphatic hydroxyl groups is 1. The molecule has 0 aromatic heterocycles. The summed E-state index contributed by atoms with van der Waals surface area (Å²) in [7, 11) is 0. The predicted molar refractivity (Wildman–Crippen MR) is 77.5 cm³/mol. The molecule has 110 valence electrons. The van der Waals surface area contributed by atoms with Crippen molar-refractivity contribution in [1.82, 2.24) is 0 Å². The van der Waals surface area contributed by atoms with Gasteiger partial charge in [-0.2, -0.15) is 0 Å². The number of aliphatic hydroxyl groups excluding tert-OH is 1. The molecule has 20 heavy (non-hydrogen) atoms. The first-order valence-electron chi connectivity index (χ1n) is 6.62. The predicted octanol–water partition coefficient (Wildman–Crippen LogP) is 2.24. The molecule has 1 unspecified atom stereocenters. The Morgan fingerprint density at radius 1 is 1.50 bits per heavy atom. The fraction of sp³-hybridized carbons (Fsp3) is 0.400. The van der Waals surface area contributed by atoms with E-state index in [1.807, 2.05) is 6.92 Å². The number of anilines is 1. The monoisotopic (exact) mass is 279 g/mol. The van der Waals surface area contributed by atoms with Crippen LogP contribution in [0.2, 0.25) is 0 Å². The van der Waals surface area contributed by atoms with Gasteiger partial charge in [0.05, 0.1) is 12.3 Å². The summed E-state index contributed by atoms with van der Waals surface area (Å²) in [4.78, 5) is 11.8. The second-order valence-corrected chi connectivity index (χ2v) is 4.44. The minimum atomic E-state index is -0.992. The zero-order valence-corrected chi connectivity index (χ0v) is 11.6. The van der Waals surface area contributed by atoms with Crippen LogP contribution in [-0.4, -0.2) is 28.9 Å². The second kappa shape index (κ2) is 8.35. The number of allylic oxidation sites excluding steroid dienone is 1. The van der Waals surface area contributed by atoms with Crippen molar-refractivity contribution in [3.63, 3.8) is 0 Å². The third kappa shape index (κ3) is 5.42. The van der Waals surface area contributed by atoms with Crippen LogP contribution >= 0.6 is 0 Å². The number of nitrogen functional groups attached to an aromatic ring is 1. The highest BCUT2D eigenvalue weighted by molar-refractivity contribution is 5.97. The van der Waals surface area contributed by atoms with Crippen LogP contribution in [0.3, 0.4) is 0 Å². The third-order valence-electron chi connectivity index (χ3n) is 2.74. The van der Waals surface area contributed by atoms with Crippen LogP contribution < -0.4 is 5.73 Å². The maximum absolute atomic E-state index is 11.8. The molecule has 0 aliphatic carbocycles. The van der Waals surface area contributed by atoms with Crippen LogP contribution in [0.25, 0.3) is 0 Å². The molecule has 0 fully saturated rings. The largest absolute Gasteiger partial charge is 0.506 e. The smallest absolute Gasteiger partial charge is 0.174 e. The van der Waals surface area contributed by atoms with Gasteiger partial charge in [0.2, 0.25) is 0 Å². The highest BCUT2D eigenvalue weighted by Gasteiger charge is 2.07. The van der Waals surface area contributed by atoms with Crippen molar-refractivity contribution in [3.8, 4) is 5.75 Å². The summed E-state index contributed by atoms with van der Waals surface area (Å²) in [6.45, 7) is 2.52. The van der Waals surface area contributed by atoms with E-state index < -0.39 is 6.29 Å². The zero-order chi connectivity index (χ0) is 15.0. The van der Waals surface area contributed by atoms with E-state index in [0.717, 1.165) is 12.8 Å². The van der Waals surface area contributed by atoms with Crippen molar-refractivity contribution in [2.24, 2.45) is 0 Å². The van der Waals surface area contributed by atoms with Gasteiger partial charge < -0.3 is 20.7 Å². The molecule has 1 aromatic carbocycles. The summed E-state index contributed by atoms with van der Waals surface area (Å²) in [6, 6.07) is 4.37. The number of aromatic hydroxyl groups is 1. The number of ether oxygens (including phenoxy) is 1. The molecule has 0 heterocycles. The van der Waals surface area contributed by atoms with Crippen molar-refractivity contribution < 1.29 is 19.7 Å². The number of Topliss-reactive ketones (excluding diaryl/α,β-unsaturated/α-hetero) is 1. The summed E-state index contributed by atoms with van der Waals surface area (Å²) in [5, 5.41) is 18.9. The van der Waals surface area contributed by atoms with E-state index in [9.17, 15) is 15.0 Å². The average Bonchev–Trinajstić information content (AvgIpc) is 2.42. The van der Waals surface area contributed by atoms with E-state index in [1.54, 1.807) is 12.1 Å². The van der Waals surface area contributed by atoms with Crippen LogP contribution in [0.4, 0.5) is 5.69 Å². The molecular formula is C15H21NO4. The van der Waals surface area contributed by atoms with E-state index in [-0.39, 0.29) is 23.6 Å². The van der Waals surface area contributed by atoms with Gasteiger partial charge in [0, 0.05) is 12.0 Å². The Kier molecular flexibility index (Phi) is 6.76. The first-order valence-corrected chi connectivity index (χ1v) is 6.62. The Hall–Kier alpha value is -1.85. The molecular weight excluding hydrogens is 258 g/mol. The van der Waals surface area contributed by atoms with Crippen LogP contribution in [-0.2, 0) is 4.74 Å². The quantitative estimate of drug-likeness (QED) is 0.169. The van der Waals surface area contributed by atoms with E-state index >= 15 is 0 Å². The minimum Gasteiger partial charge on any atom is -0.506 e. The Bertz CT molecular complexity index is 471. The SMILES string of the molecule is CCCCOC(O)C=CCC(=O)c1ccc(N)c(O)c1. The molecule has 0 bridgehead atoms. The number of carbonyl (C=O) groups is 1. The number of ketones is 1. The van der Waals surface area contributed by atoms with Gasteiger partial charge in [0.1, 0.15) is 5.75 Å². The first kappa shape index (κ1) is 16.2. The van der Waals surface area contributed by atoms with Crippen molar-refractivity contribution >= 4 is 11.5 Å². The lowest BCUT2D eigenvalue weighted by Crippen LogP contribution is -2.09. The highest BCUT2D eigenvalue weighted by Crippen LogP contribution is 2.21. The maximum atomic E-state index is 11.8. The topological polar surface area (TPSA) is 92.8 Å². The zero-order valence-electron chi connectivity index (χ0n) is 11.6. The lowest BCUT2D eigenvalue weighted by Gasteiger charge is -2.06. The number of nitrogens with two attached hydrogens (primary N) is 1. The molecule has 0 aliphatic heterocycles. The van der Waals surface area contributed by atoms with Gasteiger partial charge in [0.25, 0.3) is 0 Å². The van der Waals surface area contributed by atoms with Gasteiger partial charge in [-0.1, -0.05) is 19.4 Å². The summed E-state index contributed by atoms with van der Waals surface area (Å²) in [5.41, 5.74) is 6.07. The Morgan fingerprint density at radius 2 is 2.25 bits per heavy atom. The molecule has 0 saturated heterocycles. The molecule has 0 amide bonds. The average molecular weight is 279 g/mol. The van der Waals surface area contributed by atoms with Crippen LogP contribution in [0.1, 0.15) is 36.5 Å². The van der Waals surface area contributed by atoms with Gasteiger partial charge in [-0.05, 0) is 30.7 Å². The fourth-order valence-electron chi connectivity index (χ4n) is 1.53. The van der Waals surface area contributed by atoms with Gasteiger partial charge >= 0.3 is 0 Å². The molecule has 0 radical (unpaired) electrons. The second-order valence-electron chi connectivity index (χ2n) is 4.44. The molecule has 1 rings (SSSR count). The van der Waals surface area contributed by atoms with Crippen LogP contribution in [0.15, 0.2) is 30.4 Å². The van der Waals surface area contributed by atoms with Crippen molar-refractivity contribution in [3.05, 3.63) is 35.9 Å². The Balaban J connectivity index is 2.44. The van der Waals surface area contributed by atoms with Gasteiger partial charge in [-0.15, -0.1) is 0 Å². The number of unbranched alkanes of at least 4 members (excludes halogenated alkanes) is 1. The number of hydrogen-bond acceptors (Lipinski definition) is 5. The summed E-state index contributed by atoms with van der Waals surface area (Å²) >= 11 is 0. The molecule has 0 aliphatic rings. The van der Waals surface area contributed by atoms with Gasteiger partial charge in [-0.25, -0.2) is 0 Å². The number of hydrogen-bond donors (Lipinski definition) is 3. The highest BCUT2D eigenvalue weighted by atomic mass is 16.6. The summed E-state index contributed by atoms with van der Waals surface area (Å²) in [6.07, 6.45) is 3.99. The van der Waals surface area contributed by atoms with Crippen molar-refractivity contribution in [2.75, 3.05) is 12.3 Å². The van der Waals surface area contributed by atoms with Gasteiger partial charge in [0.15, 0.2) is 12.1 Å². The molecule has 4 N–H and O–H groups in total. The van der Waals surface area contributed by atoms with E-state index in [0.29, 0.717) is 12.2 Å².